The summed E-state index contributed by atoms with van der Waals surface area (Å²) in [6, 6.07) is 15.1. The van der Waals surface area contributed by atoms with E-state index in [1.54, 1.807) is 24.3 Å². The first-order valence-corrected chi connectivity index (χ1v) is 9.10. The minimum atomic E-state index is -0.912. The predicted octanol–water partition coefficient (Wildman–Crippen LogP) is 3.55. The Kier molecular flexibility index (Phi) is 7.56. The normalized spacial score (nSPS) is 11.5. The summed E-state index contributed by atoms with van der Waals surface area (Å²) in [6.07, 6.45) is 0.244. The van der Waals surface area contributed by atoms with Gasteiger partial charge in [0, 0.05) is 23.7 Å². The van der Waals surface area contributed by atoms with Crippen LogP contribution in [-0.2, 0) is 4.79 Å². The van der Waals surface area contributed by atoms with Gasteiger partial charge >= 0.3 is 12.0 Å². The quantitative estimate of drug-likeness (QED) is 0.559. The van der Waals surface area contributed by atoms with Crippen molar-refractivity contribution in [3.8, 4) is 0 Å². The van der Waals surface area contributed by atoms with E-state index < -0.39 is 12.0 Å². The smallest absolute Gasteiger partial charge is 0.319 e. The molecule has 0 radical (unpaired) electrons. The molecule has 7 nitrogen and oxygen atoms in total. The highest BCUT2D eigenvalue weighted by Gasteiger charge is 2.17. The van der Waals surface area contributed by atoms with Crippen molar-refractivity contribution < 1.29 is 19.5 Å². The Balaban J connectivity index is 2.04. The molecule has 2 rings (SSSR count). The monoisotopic (exact) mass is 383 g/mol. The van der Waals surface area contributed by atoms with E-state index in [1.165, 1.54) is 0 Å². The predicted molar refractivity (Wildman–Crippen MR) is 107 cm³/mol. The number of carboxylic acid groups (broad SMARTS) is 1. The topological polar surface area (TPSA) is 108 Å². The second-order valence-electron chi connectivity index (χ2n) is 6.70. The molecule has 4 N–H and O–H groups in total. The number of anilines is 1. The lowest BCUT2D eigenvalue weighted by Crippen LogP contribution is -2.34. The molecule has 0 spiro atoms. The van der Waals surface area contributed by atoms with Gasteiger partial charge in [-0.3, -0.25) is 9.59 Å². The molecule has 2 aromatic rings. The molecule has 0 fully saturated rings. The Morgan fingerprint density at radius 1 is 0.929 bits per heavy atom. The van der Waals surface area contributed by atoms with E-state index in [9.17, 15) is 14.4 Å². The Hall–Kier alpha value is -3.35. The standard InChI is InChI=1S/C21H25N3O4/c1-14(2)22-21(28)23-17-10-8-16(9-11-17)20(27)24-18(12-13-19(25)26)15-6-4-3-5-7-15/h3-11,14,18H,12-13H2,1-2H3,(H,24,27)(H,25,26)(H2,22,23,28). The second-order valence-corrected chi connectivity index (χ2v) is 6.70. The first-order chi connectivity index (χ1) is 13.3. The van der Waals surface area contributed by atoms with Crippen molar-refractivity contribution >= 4 is 23.6 Å². The van der Waals surface area contributed by atoms with E-state index in [0.717, 1.165) is 5.56 Å². The summed E-state index contributed by atoms with van der Waals surface area (Å²) in [5, 5.41) is 17.3. The molecule has 0 saturated heterocycles. The number of benzene rings is 2. The number of amides is 3. The molecule has 3 amide bonds. The molecule has 0 heterocycles. The van der Waals surface area contributed by atoms with Gasteiger partial charge in [-0.1, -0.05) is 30.3 Å². The van der Waals surface area contributed by atoms with Gasteiger partial charge in [-0.2, -0.15) is 0 Å². The molecular weight excluding hydrogens is 358 g/mol. The molecule has 2 aromatic carbocycles. The van der Waals surface area contributed by atoms with Crippen molar-refractivity contribution in [1.82, 2.24) is 10.6 Å². The van der Waals surface area contributed by atoms with Gasteiger partial charge in [0.2, 0.25) is 0 Å². The largest absolute Gasteiger partial charge is 0.481 e. The summed E-state index contributed by atoms with van der Waals surface area (Å²) >= 11 is 0. The number of urea groups is 1. The summed E-state index contributed by atoms with van der Waals surface area (Å²) < 4.78 is 0. The molecule has 0 bridgehead atoms. The highest BCUT2D eigenvalue weighted by molar-refractivity contribution is 5.95. The highest BCUT2D eigenvalue weighted by Crippen LogP contribution is 2.19. The van der Waals surface area contributed by atoms with Gasteiger partial charge in [-0.15, -0.1) is 0 Å². The Labute approximate surface area is 164 Å². The molecule has 0 saturated carbocycles. The number of carbonyl (C=O) groups is 3. The summed E-state index contributed by atoms with van der Waals surface area (Å²) in [5.74, 6) is -1.22. The van der Waals surface area contributed by atoms with E-state index in [0.29, 0.717) is 17.7 Å². The van der Waals surface area contributed by atoms with Crippen LogP contribution in [0.2, 0.25) is 0 Å². The van der Waals surface area contributed by atoms with Gasteiger partial charge in [0.1, 0.15) is 0 Å². The maximum absolute atomic E-state index is 12.6. The van der Waals surface area contributed by atoms with Gasteiger partial charge in [0.25, 0.3) is 5.91 Å². The number of carbonyl (C=O) groups excluding carboxylic acids is 2. The zero-order chi connectivity index (χ0) is 20.5. The van der Waals surface area contributed by atoms with Crippen LogP contribution in [0.3, 0.4) is 0 Å². The molecule has 7 heteroatoms. The zero-order valence-corrected chi connectivity index (χ0v) is 15.9. The lowest BCUT2D eigenvalue weighted by Gasteiger charge is -2.19. The lowest BCUT2D eigenvalue weighted by atomic mass is 10.0. The minimum absolute atomic E-state index is 0.0192. The van der Waals surface area contributed by atoms with Gasteiger partial charge in [0.05, 0.1) is 6.04 Å². The molecule has 0 aliphatic carbocycles. The van der Waals surface area contributed by atoms with Crippen LogP contribution < -0.4 is 16.0 Å². The van der Waals surface area contributed by atoms with Crippen molar-refractivity contribution in [2.24, 2.45) is 0 Å². The second kappa shape index (κ2) is 10.1. The van der Waals surface area contributed by atoms with Crippen LogP contribution >= 0.6 is 0 Å². The van der Waals surface area contributed by atoms with E-state index in [-0.39, 0.29) is 24.4 Å². The third-order valence-corrected chi connectivity index (χ3v) is 3.98. The first-order valence-electron chi connectivity index (χ1n) is 9.10. The molecule has 1 atom stereocenters. The van der Waals surface area contributed by atoms with Crippen molar-refractivity contribution in [2.45, 2.75) is 38.8 Å². The van der Waals surface area contributed by atoms with Gasteiger partial charge < -0.3 is 21.1 Å². The fourth-order valence-corrected chi connectivity index (χ4v) is 2.65. The van der Waals surface area contributed by atoms with E-state index in [2.05, 4.69) is 16.0 Å². The third-order valence-electron chi connectivity index (χ3n) is 3.98. The van der Waals surface area contributed by atoms with Crippen LogP contribution in [-0.4, -0.2) is 29.1 Å². The average molecular weight is 383 g/mol. The third kappa shape index (κ3) is 6.75. The fourth-order valence-electron chi connectivity index (χ4n) is 2.65. The van der Waals surface area contributed by atoms with E-state index >= 15 is 0 Å². The Bertz CT molecular complexity index is 804. The summed E-state index contributed by atoms with van der Waals surface area (Å²) in [7, 11) is 0. The van der Waals surface area contributed by atoms with Gasteiger partial charge in [0.15, 0.2) is 0 Å². The van der Waals surface area contributed by atoms with E-state index in [1.807, 2.05) is 44.2 Å². The lowest BCUT2D eigenvalue weighted by molar-refractivity contribution is -0.137. The van der Waals surface area contributed by atoms with E-state index in [4.69, 9.17) is 5.11 Å². The zero-order valence-electron chi connectivity index (χ0n) is 15.9. The first kappa shape index (κ1) is 21.0. The van der Waals surface area contributed by atoms with Crippen LogP contribution in [0.25, 0.3) is 0 Å². The molecule has 0 aliphatic heterocycles. The van der Waals surface area contributed by atoms with Crippen molar-refractivity contribution in [3.63, 3.8) is 0 Å². The fraction of sp³-hybridized carbons (Fsp3) is 0.286. The van der Waals surface area contributed by atoms with Crippen LogP contribution in [0.4, 0.5) is 10.5 Å². The highest BCUT2D eigenvalue weighted by atomic mass is 16.4. The average Bonchev–Trinajstić information content (AvgIpc) is 2.65. The summed E-state index contributed by atoms with van der Waals surface area (Å²) in [4.78, 5) is 35.2. The Morgan fingerprint density at radius 3 is 2.14 bits per heavy atom. The molecule has 148 valence electrons. The van der Waals surface area contributed by atoms with Crippen molar-refractivity contribution in [3.05, 3.63) is 65.7 Å². The van der Waals surface area contributed by atoms with Crippen molar-refractivity contribution in [2.75, 3.05) is 5.32 Å². The summed E-state index contributed by atoms with van der Waals surface area (Å²) in [6.45, 7) is 3.72. The number of aliphatic carboxylic acids is 1. The summed E-state index contributed by atoms with van der Waals surface area (Å²) in [5.41, 5.74) is 1.84. The molecular formula is C21H25N3O4. The van der Waals surface area contributed by atoms with Crippen LogP contribution in [0.15, 0.2) is 54.6 Å². The minimum Gasteiger partial charge on any atom is -0.481 e. The maximum Gasteiger partial charge on any atom is 0.319 e. The molecule has 0 aromatic heterocycles. The number of carboxylic acids is 1. The van der Waals surface area contributed by atoms with Crippen LogP contribution in [0.1, 0.15) is 48.7 Å². The number of hydrogen-bond acceptors (Lipinski definition) is 3. The molecule has 1 unspecified atom stereocenters. The van der Waals surface area contributed by atoms with Crippen molar-refractivity contribution in [1.29, 1.82) is 0 Å². The van der Waals surface area contributed by atoms with Gasteiger partial charge in [-0.05, 0) is 50.1 Å². The maximum atomic E-state index is 12.6. The number of nitrogens with one attached hydrogen (secondary N) is 3. The van der Waals surface area contributed by atoms with Gasteiger partial charge in [-0.25, -0.2) is 4.79 Å². The van der Waals surface area contributed by atoms with Crippen LogP contribution in [0.5, 0.6) is 0 Å². The molecule has 0 aliphatic rings. The molecule has 28 heavy (non-hydrogen) atoms. The SMILES string of the molecule is CC(C)NC(=O)Nc1ccc(C(=O)NC(CCC(=O)O)c2ccccc2)cc1. The number of hydrogen-bond donors (Lipinski definition) is 4. The number of rotatable bonds is 8. The Morgan fingerprint density at radius 2 is 1.57 bits per heavy atom. The van der Waals surface area contributed by atoms with Crippen LogP contribution in [0, 0.1) is 0 Å².